The third-order valence-electron chi connectivity index (χ3n) is 2.61. The zero-order chi connectivity index (χ0) is 11.4. The average Bonchev–Trinajstić information content (AvgIpc) is 2.33. The highest BCUT2D eigenvalue weighted by molar-refractivity contribution is 5.78. The van der Waals surface area contributed by atoms with Crippen molar-refractivity contribution >= 4 is 5.91 Å². The quantitative estimate of drug-likeness (QED) is 0.823. The van der Waals surface area contributed by atoms with E-state index >= 15 is 0 Å². The maximum absolute atomic E-state index is 11.8. The predicted octanol–water partition coefficient (Wildman–Crippen LogP) is 1.49. The summed E-state index contributed by atoms with van der Waals surface area (Å²) in [7, 11) is 0. The van der Waals surface area contributed by atoms with Crippen LogP contribution in [-0.2, 0) is 16.1 Å². The Morgan fingerprint density at radius 1 is 1.38 bits per heavy atom. The first-order valence-corrected chi connectivity index (χ1v) is 5.47. The molecule has 0 atom stereocenters. The number of para-hydroxylation sites is 1. The van der Waals surface area contributed by atoms with Gasteiger partial charge in [-0.25, -0.2) is 5.06 Å². The fourth-order valence-corrected chi connectivity index (χ4v) is 1.70. The van der Waals surface area contributed by atoms with E-state index < -0.39 is 0 Å². The molecule has 1 amide bonds. The zero-order valence-corrected chi connectivity index (χ0v) is 9.06. The van der Waals surface area contributed by atoms with Crippen LogP contribution in [-0.4, -0.2) is 29.2 Å². The molecule has 1 aromatic carbocycles. The number of aromatic hydroxyl groups is 1. The van der Waals surface area contributed by atoms with Gasteiger partial charge in [-0.15, -0.1) is 0 Å². The Hall–Kier alpha value is -1.55. The number of carbonyl (C=O) groups excluding carboxylic acids is 1. The van der Waals surface area contributed by atoms with Gasteiger partial charge in [-0.3, -0.25) is 9.63 Å². The van der Waals surface area contributed by atoms with Crippen LogP contribution in [0.4, 0.5) is 0 Å². The first-order chi connectivity index (χ1) is 7.77. The van der Waals surface area contributed by atoms with Gasteiger partial charge in [-0.05, 0) is 18.9 Å². The topological polar surface area (TPSA) is 49.8 Å². The van der Waals surface area contributed by atoms with Gasteiger partial charge in [0.2, 0.25) is 0 Å². The average molecular weight is 221 g/mol. The highest BCUT2D eigenvalue weighted by Crippen LogP contribution is 2.17. The Morgan fingerprint density at radius 3 is 2.88 bits per heavy atom. The number of hydrogen-bond acceptors (Lipinski definition) is 3. The molecule has 4 nitrogen and oxygen atoms in total. The van der Waals surface area contributed by atoms with Crippen LogP contribution in [0.2, 0.25) is 0 Å². The van der Waals surface area contributed by atoms with E-state index in [9.17, 15) is 9.90 Å². The Balaban J connectivity index is 1.99. The van der Waals surface area contributed by atoms with Crippen molar-refractivity contribution < 1.29 is 14.7 Å². The molecule has 0 aromatic heterocycles. The number of hydrogen-bond donors (Lipinski definition) is 1. The molecule has 1 aromatic rings. The van der Waals surface area contributed by atoms with Crippen LogP contribution >= 0.6 is 0 Å². The second-order valence-electron chi connectivity index (χ2n) is 3.84. The molecule has 1 heterocycles. The van der Waals surface area contributed by atoms with E-state index in [4.69, 9.17) is 4.84 Å². The predicted molar refractivity (Wildman–Crippen MR) is 58.7 cm³/mol. The number of rotatable bonds is 2. The normalized spacial score (nSPS) is 16.1. The Labute approximate surface area is 94.4 Å². The lowest BCUT2D eigenvalue weighted by molar-refractivity contribution is -0.196. The summed E-state index contributed by atoms with van der Waals surface area (Å²) < 4.78 is 0. The van der Waals surface area contributed by atoms with Crippen molar-refractivity contribution in [3.05, 3.63) is 29.8 Å². The first-order valence-electron chi connectivity index (χ1n) is 5.47. The van der Waals surface area contributed by atoms with E-state index in [0.717, 1.165) is 12.8 Å². The first kappa shape index (κ1) is 11.0. The lowest BCUT2D eigenvalue weighted by atomic mass is 10.1. The molecule has 0 bridgehead atoms. The number of carbonyl (C=O) groups is 1. The minimum absolute atomic E-state index is 0.0961. The van der Waals surface area contributed by atoms with E-state index in [1.54, 1.807) is 24.3 Å². The molecule has 0 radical (unpaired) electrons. The van der Waals surface area contributed by atoms with E-state index in [1.807, 2.05) is 0 Å². The Kier molecular flexibility index (Phi) is 3.41. The molecule has 0 aliphatic carbocycles. The zero-order valence-electron chi connectivity index (χ0n) is 9.06. The van der Waals surface area contributed by atoms with Crippen LogP contribution in [0.3, 0.4) is 0 Å². The molecule has 1 aliphatic heterocycles. The standard InChI is InChI=1S/C12H15NO3/c14-11-6-2-1-5-10(11)9-12(15)13-7-3-4-8-16-13/h1-2,5-6,14H,3-4,7-9H2. The molecule has 1 N–H and O–H groups in total. The van der Waals surface area contributed by atoms with Gasteiger partial charge in [-0.1, -0.05) is 18.2 Å². The van der Waals surface area contributed by atoms with E-state index in [-0.39, 0.29) is 18.1 Å². The van der Waals surface area contributed by atoms with Crippen LogP contribution in [0.15, 0.2) is 24.3 Å². The molecule has 0 spiro atoms. The molecular formula is C12H15NO3. The van der Waals surface area contributed by atoms with Crippen LogP contribution in [0, 0.1) is 0 Å². The van der Waals surface area contributed by atoms with Gasteiger partial charge in [0.25, 0.3) is 5.91 Å². The van der Waals surface area contributed by atoms with Crippen molar-refractivity contribution in [3.63, 3.8) is 0 Å². The maximum atomic E-state index is 11.8. The van der Waals surface area contributed by atoms with Crippen molar-refractivity contribution in [2.75, 3.05) is 13.2 Å². The van der Waals surface area contributed by atoms with Gasteiger partial charge in [0.1, 0.15) is 5.75 Å². The van der Waals surface area contributed by atoms with E-state index in [1.165, 1.54) is 5.06 Å². The summed E-state index contributed by atoms with van der Waals surface area (Å²) in [6.45, 7) is 1.25. The number of phenols is 1. The molecule has 1 saturated heterocycles. The van der Waals surface area contributed by atoms with Gasteiger partial charge in [-0.2, -0.15) is 0 Å². The van der Waals surface area contributed by atoms with Crippen LogP contribution in [0.1, 0.15) is 18.4 Å². The summed E-state index contributed by atoms with van der Waals surface area (Å²) in [6.07, 6.45) is 2.17. The Morgan fingerprint density at radius 2 is 2.19 bits per heavy atom. The lowest BCUT2D eigenvalue weighted by Gasteiger charge is -2.25. The second kappa shape index (κ2) is 4.99. The van der Waals surface area contributed by atoms with Crippen molar-refractivity contribution in [2.45, 2.75) is 19.3 Å². The summed E-state index contributed by atoms with van der Waals surface area (Å²) in [5.74, 6) is 0.0639. The van der Waals surface area contributed by atoms with Gasteiger partial charge >= 0.3 is 0 Å². The highest BCUT2D eigenvalue weighted by atomic mass is 16.7. The van der Waals surface area contributed by atoms with Crippen LogP contribution < -0.4 is 0 Å². The maximum Gasteiger partial charge on any atom is 0.250 e. The molecule has 0 saturated carbocycles. The van der Waals surface area contributed by atoms with E-state index in [0.29, 0.717) is 18.7 Å². The molecule has 2 rings (SSSR count). The molecule has 4 heteroatoms. The molecule has 1 aliphatic rings. The van der Waals surface area contributed by atoms with E-state index in [2.05, 4.69) is 0 Å². The van der Waals surface area contributed by atoms with Crippen molar-refractivity contribution in [2.24, 2.45) is 0 Å². The van der Waals surface area contributed by atoms with Crippen molar-refractivity contribution in [1.82, 2.24) is 5.06 Å². The molecule has 1 fully saturated rings. The van der Waals surface area contributed by atoms with Gasteiger partial charge in [0, 0.05) is 12.1 Å². The van der Waals surface area contributed by atoms with Crippen molar-refractivity contribution in [3.8, 4) is 5.75 Å². The minimum atomic E-state index is -0.0961. The van der Waals surface area contributed by atoms with Crippen molar-refractivity contribution in [1.29, 1.82) is 0 Å². The summed E-state index contributed by atoms with van der Waals surface area (Å²) in [6, 6.07) is 6.87. The lowest BCUT2D eigenvalue weighted by Crippen LogP contribution is -2.36. The number of benzene rings is 1. The molecule has 86 valence electrons. The SMILES string of the molecule is O=C(Cc1ccccc1O)N1CCCCO1. The summed E-state index contributed by atoms with van der Waals surface area (Å²) in [5, 5.41) is 10.9. The monoisotopic (exact) mass is 221 g/mol. The molecular weight excluding hydrogens is 206 g/mol. The largest absolute Gasteiger partial charge is 0.508 e. The number of amides is 1. The van der Waals surface area contributed by atoms with Gasteiger partial charge in [0.15, 0.2) is 0 Å². The third-order valence-corrected chi connectivity index (χ3v) is 2.61. The highest BCUT2D eigenvalue weighted by Gasteiger charge is 2.18. The van der Waals surface area contributed by atoms with Crippen LogP contribution in [0.5, 0.6) is 5.75 Å². The Bertz CT molecular complexity index is 372. The minimum Gasteiger partial charge on any atom is -0.508 e. The van der Waals surface area contributed by atoms with Gasteiger partial charge < -0.3 is 5.11 Å². The third kappa shape index (κ3) is 2.52. The fraction of sp³-hybridized carbons (Fsp3) is 0.417. The van der Waals surface area contributed by atoms with Gasteiger partial charge in [0.05, 0.1) is 13.0 Å². The summed E-state index contributed by atoms with van der Waals surface area (Å²) in [4.78, 5) is 17.1. The molecule has 0 unspecified atom stereocenters. The van der Waals surface area contributed by atoms with Crippen LogP contribution in [0.25, 0.3) is 0 Å². The number of nitrogens with zero attached hydrogens (tertiary/aromatic N) is 1. The summed E-state index contributed by atoms with van der Waals surface area (Å²) in [5.41, 5.74) is 0.640. The second-order valence-corrected chi connectivity index (χ2v) is 3.84. The fourth-order valence-electron chi connectivity index (χ4n) is 1.70. The smallest absolute Gasteiger partial charge is 0.250 e. The number of phenolic OH excluding ortho intramolecular Hbond substituents is 1. The number of hydroxylamine groups is 2. The summed E-state index contributed by atoms with van der Waals surface area (Å²) >= 11 is 0. The molecule has 16 heavy (non-hydrogen) atoms.